The Balaban J connectivity index is 1.88. The van der Waals surface area contributed by atoms with Gasteiger partial charge in [0.15, 0.2) is 0 Å². The third kappa shape index (κ3) is 5.65. The van der Waals surface area contributed by atoms with Crippen molar-refractivity contribution in [1.29, 1.82) is 0 Å². The van der Waals surface area contributed by atoms with Gasteiger partial charge in [-0.1, -0.05) is 12.1 Å². The second-order valence-electron chi connectivity index (χ2n) is 6.38. The quantitative estimate of drug-likeness (QED) is 0.730. The molecule has 0 aromatic heterocycles. The molecule has 5 N–H and O–H groups in total. The molecule has 1 saturated heterocycles. The number of primary amides is 1. The van der Waals surface area contributed by atoms with Gasteiger partial charge in [0, 0.05) is 30.6 Å². The van der Waals surface area contributed by atoms with Crippen LogP contribution in [0.2, 0.25) is 0 Å². The topological polar surface area (TPSA) is 101 Å². The maximum Gasteiger partial charge on any atom is 0.225 e. The Morgan fingerprint density at radius 2 is 2.04 bits per heavy atom. The number of hydrogen-bond acceptors (Lipinski definition) is 4. The summed E-state index contributed by atoms with van der Waals surface area (Å²) in [7, 11) is 0. The largest absolute Gasteiger partial charge is 0.369 e. The summed E-state index contributed by atoms with van der Waals surface area (Å²) in [5.74, 6) is -0.252. The summed E-state index contributed by atoms with van der Waals surface area (Å²) in [5, 5.41) is 2.87. The number of nitrogens with two attached hydrogens (primary N) is 2. The van der Waals surface area contributed by atoms with Crippen LogP contribution in [0.5, 0.6) is 0 Å². The Morgan fingerprint density at radius 1 is 1.35 bits per heavy atom. The van der Waals surface area contributed by atoms with Crippen molar-refractivity contribution >= 4 is 17.5 Å². The van der Waals surface area contributed by atoms with Crippen molar-refractivity contribution in [3.63, 3.8) is 0 Å². The smallest absolute Gasteiger partial charge is 0.225 e. The Hall–Kier alpha value is -1.92. The molecule has 1 unspecified atom stereocenters. The van der Waals surface area contributed by atoms with Gasteiger partial charge in [0.1, 0.15) is 0 Å². The zero-order valence-corrected chi connectivity index (χ0v) is 13.6. The van der Waals surface area contributed by atoms with Gasteiger partial charge < -0.3 is 16.8 Å². The van der Waals surface area contributed by atoms with Crippen LogP contribution >= 0.6 is 0 Å². The predicted molar refractivity (Wildman–Crippen MR) is 90.5 cm³/mol. The van der Waals surface area contributed by atoms with Crippen LogP contribution in [0, 0.1) is 5.92 Å². The summed E-state index contributed by atoms with van der Waals surface area (Å²) in [6.07, 6.45) is 1.95. The van der Waals surface area contributed by atoms with E-state index in [4.69, 9.17) is 11.5 Å². The molecule has 23 heavy (non-hydrogen) atoms. The maximum absolute atomic E-state index is 11.8. The summed E-state index contributed by atoms with van der Waals surface area (Å²) < 4.78 is 0. The van der Waals surface area contributed by atoms with Crippen LogP contribution in [0.25, 0.3) is 0 Å². The highest BCUT2D eigenvalue weighted by Gasteiger charge is 2.22. The molecular weight excluding hydrogens is 292 g/mol. The van der Waals surface area contributed by atoms with Gasteiger partial charge in [-0.25, -0.2) is 0 Å². The van der Waals surface area contributed by atoms with Crippen LogP contribution in [0.15, 0.2) is 24.3 Å². The van der Waals surface area contributed by atoms with Crippen molar-refractivity contribution in [1.82, 2.24) is 4.90 Å². The van der Waals surface area contributed by atoms with Gasteiger partial charge >= 0.3 is 0 Å². The van der Waals surface area contributed by atoms with Gasteiger partial charge in [0.2, 0.25) is 11.8 Å². The summed E-state index contributed by atoms with van der Waals surface area (Å²) in [6, 6.07) is 7.69. The minimum atomic E-state index is -0.191. The van der Waals surface area contributed by atoms with E-state index in [2.05, 4.69) is 10.2 Å². The minimum Gasteiger partial charge on any atom is -0.369 e. The van der Waals surface area contributed by atoms with Crippen molar-refractivity contribution in [3.05, 3.63) is 29.8 Å². The standard InChI is InChI=1S/C17H26N4O2/c1-12(18)9-16(22)20-15-4-2-3-13(10-15)11-21-7-5-14(6-8-21)17(19)23/h2-4,10,12,14H,5-9,11,18H2,1H3,(H2,19,23)(H,20,22). The highest BCUT2D eigenvalue weighted by molar-refractivity contribution is 5.91. The monoisotopic (exact) mass is 318 g/mol. The number of carbonyl (C=O) groups is 2. The second-order valence-corrected chi connectivity index (χ2v) is 6.38. The molecule has 1 aliphatic rings. The SMILES string of the molecule is CC(N)CC(=O)Nc1cccc(CN2CCC(C(N)=O)CC2)c1. The summed E-state index contributed by atoms with van der Waals surface area (Å²) in [4.78, 5) is 25.3. The van der Waals surface area contributed by atoms with Crippen LogP contribution in [0.4, 0.5) is 5.69 Å². The number of nitrogens with one attached hydrogen (secondary N) is 1. The lowest BCUT2D eigenvalue weighted by Crippen LogP contribution is -2.38. The van der Waals surface area contributed by atoms with Crippen LogP contribution in [0.1, 0.15) is 31.7 Å². The zero-order chi connectivity index (χ0) is 16.8. The molecule has 2 rings (SSSR count). The van der Waals surface area contributed by atoms with Crippen molar-refractivity contribution in [2.75, 3.05) is 18.4 Å². The molecule has 1 aromatic carbocycles. The maximum atomic E-state index is 11.8. The van der Waals surface area contributed by atoms with E-state index in [0.29, 0.717) is 6.42 Å². The number of amides is 2. The number of hydrogen-bond donors (Lipinski definition) is 3. The Bertz CT molecular complexity index is 551. The third-order valence-corrected chi connectivity index (χ3v) is 4.11. The fourth-order valence-corrected chi connectivity index (χ4v) is 2.89. The molecule has 1 atom stereocenters. The summed E-state index contributed by atoms with van der Waals surface area (Å²) in [6.45, 7) is 4.36. The van der Waals surface area contributed by atoms with E-state index in [-0.39, 0.29) is 23.8 Å². The first kappa shape index (κ1) is 17.4. The fourth-order valence-electron chi connectivity index (χ4n) is 2.89. The zero-order valence-electron chi connectivity index (χ0n) is 13.6. The molecule has 0 radical (unpaired) electrons. The molecule has 2 amide bonds. The Kier molecular flexibility index (Phi) is 6.12. The molecule has 1 aliphatic heterocycles. The van der Waals surface area contributed by atoms with Gasteiger partial charge in [-0.3, -0.25) is 14.5 Å². The summed E-state index contributed by atoms with van der Waals surface area (Å²) in [5.41, 5.74) is 12.9. The minimum absolute atomic E-state index is 0.00937. The Morgan fingerprint density at radius 3 is 2.65 bits per heavy atom. The van der Waals surface area contributed by atoms with Gasteiger partial charge in [-0.15, -0.1) is 0 Å². The molecule has 6 nitrogen and oxygen atoms in total. The average Bonchev–Trinajstić information content (AvgIpc) is 2.47. The molecule has 0 bridgehead atoms. The number of nitrogens with zero attached hydrogens (tertiary/aromatic N) is 1. The van der Waals surface area contributed by atoms with Gasteiger partial charge in [-0.05, 0) is 50.6 Å². The van der Waals surface area contributed by atoms with Crippen LogP contribution in [-0.2, 0) is 16.1 Å². The van der Waals surface area contributed by atoms with Gasteiger partial charge in [0.25, 0.3) is 0 Å². The van der Waals surface area contributed by atoms with E-state index in [1.165, 1.54) is 0 Å². The van der Waals surface area contributed by atoms with Crippen LogP contribution < -0.4 is 16.8 Å². The lowest BCUT2D eigenvalue weighted by molar-refractivity contribution is -0.123. The van der Waals surface area contributed by atoms with Crippen molar-refractivity contribution in [2.24, 2.45) is 17.4 Å². The predicted octanol–water partition coefficient (Wildman–Crippen LogP) is 1.06. The van der Waals surface area contributed by atoms with Gasteiger partial charge in [-0.2, -0.15) is 0 Å². The molecule has 0 saturated carbocycles. The van der Waals surface area contributed by atoms with E-state index in [9.17, 15) is 9.59 Å². The number of likely N-dealkylation sites (tertiary alicyclic amines) is 1. The summed E-state index contributed by atoms with van der Waals surface area (Å²) >= 11 is 0. The van der Waals surface area contributed by atoms with Crippen LogP contribution in [-0.4, -0.2) is 35.8 Å². The van der Waals surface area contributed by atoms with Crippen molar-refractivity contribution < 1.29 is 9.59 Å². The molecule has 1 heterocycles. The highest BCUT2D eigenvalue weighted by Crippen LogP contribution is 2.20. The molecule has 1 aromatic rings. The lowest BCUT2D eigenvalue weighted by atomic mass is 9.96. The van der Waals surface area contributed by atoms with Crippen molar-refractivity contribution in [3.8, 4) is 0 Å². The van der Waals surface area contributed by atoms with E-state index in [1.54, 1.807) is 0 Å². The molecule has 126 valence electrons. The number of carbonyl (C=O) groups excluding carboxylic acids is 2. The molecular formula is C17H26N4O2. The van der Waals surface area contributed by atoms with E-state index in [0.717, 1.165) is 43.7 Å². The van der Waals surface area contributed by atoms with Crippen LogP contribution in [0.3, 0.4) is 0 Å². The molecule has 0 spiro atoms. The molecule has 0 aliphatic carbocycles. The fraction of sp³-hybridized carbons (Fsp3) is 0.529. The van der Waals surface area contributed by atoms with E-state index < -0.39 is 0 Å². The van der Waals surface area contributed by atoms with Gasteiger partial charge in [0.05, 0.1) is 0 Å². The normalized spacial score (nSPS) is 17.7. The first-order valence-electron chi connectivity index (χ1n) is 8.10. The highest BCUT2D eigenvalue weighted by atomic mass is 16.2. The average molecular weight is 318 g/mol. The number of piperidine rings is 1. The molecule has 6 heteroatoms. The van der Waals surface area contributed by atoms with E-state index >= 15 is 0 Å². The molecule has 1 fully saturated rings. The Labute approximate surface area is 137 Å². The third-order valence-electron chi connectivity index (χ3n) is 4.11. The number of benzene rings is 1. The van der Waals surface area contributed by atoms with E-state index in [1.807, 2.05) is 31.2 Å². The first-order chi connectivity index (χ1) is 10.9. The number of rotatable bonds is 6. The lowest BCUT2D eigenvalue weighted by Gasteiger charge is -2.30. The van der Waals surface area contributed by atoms with Crippen molar-refractivity contribution in [2.45, 2.75) is 38.8 Å². The number of anilines is 1. The second kappa shape index (κ2) is 8.08. The first-order valence-corrected chi connectivity index (χ1v) is 8.10.